The van der Waals surface area contributed by atoms with E-state index in [1.54, 1.807) is 0 Å². The number of hydrogen-bond donors (Lipinski definition) is 1. The standard InChI is InChI=1S/C26H47NO2/c1-4-25(20-9-6-5-7-10-20)26(22-11-8-12-23(28)19-22)21-13-15-24(16-14-21)29-18-17-27(2)3/h20-24,28H,4-19H2,1-3H3/b26-25+. The lowest BCUT2D eigenvalue weighted by molar-refractivity contribution is 0.0130. The monoisotopic (exact) mass is 405 g/mol. The quantitative estimate of drug-likeness (QED) is 0.506. The average Bonchev–Trinajstić information content (AvgIpc) is 2.73. The van der Waals surface area contributed by atoms with Gasteiger partial charge in [0.05, 0.1) is 18.8 Å². The number of likely N-dealkylation sites (N-methyl/N-ethyl adjacent to an activating group) is 1. The van der Waals surface area contributed by atoms with Crippen LogP contribution in [0.2, 0.25) is 0 Å². The van der Waals surface area contributed by atoms with Crippen molar-refractivity contribution in [2.75, 3.05) is 27.2 Å². The number of aliphatic hydroxyl groups is 1. The highest BCUT2D eigenvalue weighted by atomic mass is 16.5. The Balaban J connectivity index is 1.71. The maximum Gasteiger partial charge on any atom is 0.0596 e. The van der Waals surface area contributed by atoms with Gasteiger partial charge in [0, 0.05) is 6.54 Å². The fourth-order valence-corrected chi connectivity index (χ4v) is 6.43. The number of nitrogens with zero attached hydrogens (tertiary/aromatic N) is 1. The second kappa shape index (κ2) is 11.9. The fraction of sp³-hybridized carbons (Fsp3) is 0.923. The first-order valence-electron chi connectivity index (χ1n) is 12.8. The van der Waals surface area contributed by atoms with Gasteiger partial charge in [-0.15, -0.1) is 0 Å². The SMILES string of the molecule is CC/C(=C(/C1CCC(OCCN(C)C)CC1)C1CCCC(O)C1)C1CCCCC1. The minimum absolute atomic E-state index is 0.0704. The number of rotatable bonds is 8. The molecule has 0 aromatic carbocycles. The van der Waals surface area contributed by atoms with Crippen molar-refractivity contribution in [3.8, 4) is 0 Å². The Morgan fingerprint density at radius 1 is 0.828 bits per heavy atom. The first-order valence-corrected chi connectivity index (χ1v) is 12.8. The van der Waals surface area contributed by atoms with Gasteiger partial charge >= 0.3 is 0 Å². The highest BCUT2D eigenvalue weighted by molar-refractivity contribution is 5.24. The van der Waals surface area contributed by atoms with Crippen molar-refractivity contribution in [1.82, 2.24) is 4.90 Å². The van der Waals surface area contributed by atoms with Crippen LogP contribution < -0.4 is 0 Å². The van der Waals surface area contributed by atoms with Crippen LogP contribution >= 0.6 is 0 Å². The molecule has 3 aliphatic rings. The van der Waals surface area contributed by atoms with Crippen molar-refractivity contribution in [2.24, 2.45) is 17.8 Å². The summed E-state index contributed by atoms with van der Waals surface area (Å²) < 4.78 is 6.19. The lowest BCUT2D eigenvalue weighted by Crippen LogP contribution is -2.31. The van der Waals surface area contributed by atoms with Crippen LogP contribution in [0.15, 0.2) is 11.1 Å². The number of hydrogen-bond acceptors (Lipinski definition) is 3. The third-order valence-corrected chi connectivity index (χ3v) is 7.94. The van der Waals surface area contributed by atoms with E-state index in [0.29, 0.717) is 12.0 Å². The second-order valence-corrected chi connectivity index (χ2v) is 10.3. The smallest absolute Gasteiger partial charge is 0.0596 e. The minimum Gasteiger partial charge on any atom is -0.393 e. The van der Waals surface area contributed by atoms with Crippen LogP contribution in [0.25, 0.3) is 0 Å². The normalized spacial score (nSPS) is 33.0. The minimum atomic E-state index is -0.0704. The lowest BCUT2D eigenvalue weighted by atomic mass is 9.67. The Kier molecular flexibility index (Phi) is 9.53. The summed E-state index contributed by atoms with van der Waals surface area (Å²) in [5, 5.41) is 10.4. The van der Waals surface area contributed by atoms with Crippen molar-refractivity contribution in [1.29, 1.82) is 0 Å². The first kappa shape index (κ1) is 23.3. The maximum absolute atomic E-state index is 10.4. The largest absolute Gasteiger partial charge is 0.393 e. The van der Waals surface area contributed by atoms with Gasteiger partial charge in [-0.1, -0.05) is 43.8 Å². The molecule has 29 heavy (non-hydrogen) atoms. The molecule has 1 N–H and O–H groups in total. The summed E-state index contributed by atoms with van der Waals surface area (Å²) in [4.78, 5) is 2.21. The molecule has 3 fully saturated rings. The van der Waals surface area contributed by atoms with E-state index in [4.69, 9.17) is 4.74 Å². The van der Waals surface area contributed by atoms with E-state index in [2.05, 4.69) is 25.9 Å². The Bertz CT molecular complexity index is 501. The van der Waals surface area contributed by atoms with Crippen LogP contribution in [0.5, 0.6) is 0 Å². The molecule has 0 aliphatic heterocycles. The Morgan fingerprint density at radius 2 is 1.52 bits per heavy atom. The summed E-state index contributed by atoms with van der Waals surface area (Å²) in [5.41, 5.74) is 3.64. The van der Waals surface area contributed by atoms with Crippen molar-refractivity contribution >= 4 is 0 Å². The summed E-state index contributed by atoms with van der Waals surface area (Å²) in [6.07, 6.45) is 18.3. The van der Waals surface area contributed by atoms with E-state index < -0.39 is 0 Å². The van der Waals surface area contributed by atoms with Gasteiger partial charge in [-0.3, -0.25) is 0 Å². The molecule has 2 unspecified atom stereocenters. The maximum atomic E-state index is 10.4. The third-order valence-electron chi connectivity index (χ3n) is 7.94. The molecule has 0 radical (unpaired) electrons. The molecule has 0 aromatic heterocycles. The molecule has 3 saturated carbocycles. The topological polar surface area (TPSA) is 32.7 Å². The van der Waals surface area contributed by atoms with Crippen molar-refractivity contribution in [2.45, 2.75) is 109 Å². The molecule has 3 aliphatic carbocycles. The number of allylic oxidation sites excluding steroid dienone is 2. The predicted molar refractivity (Wildman–Crippen MR) is 122 cm³/mol. The highest BCUT2D eigenvalue weighted by Gasteiger charge is 2.34. The predicted octanol–water partition coefficient (Wildman–Crippen LogP) is 5.96. The fourth-order valence-electron chi connectivity index (χ4n) is 6.43. The summed E-state index contributed by atoms with van der Waals surface area (Å²) in [6, 6.07) is 0. The highest BCUT2D eigenvalue weighted by Crippen LogP contribution is 2.45. The van der Waals surface area contributed by atoms with E-state index in [0.717, 1.165) is 37.8 Å². The molecule has 3 heteroatoms. The average molecular weight is 406 g/mol. The van der Waals surface area contributed by atoms with E-state index >= 15 is 0 Å². The molecule has 0 saturated heterocycles. The molecule has 0 heterocycles. The van der Waals surface area contributed by atoms with Gasteiger partial charge in [0.2, 0.25) is 0 Å². The molecule has 0 bridgehead atoms. The summed E-state index contributed by atoms with van der Waals surface area (Å²) >= 11 is 0. The van der Waals surface area contributed by atoms with Crippen molar-refractivity contribution < 1.29 is 9.84 Å². The van der Waals surface area contributed by atoms with Crippen LogP contribution in [0.4, 0.5) is 0 Å². The van der Waals surface area contributed by atoms with Gasteiger partial charge < -0.3 is 14.7 Å². The summed E-state index contributed by atoms with van der Waals surface area (Å²) in [7, 11) is 4.24. The molecule has 0 aromatic rings. The third kappa shape index (κ3) is 6.80. The van der Waals surface area contributed by atoms with Crippen LogP contribution in [0, 0.1) is 17.8 Å². The first-order chi connectivity index (χ1) is 14.1. The molecular weight excluding hydrogens is 358 g/mol. The molecule has 2 atom stereocenters. The van der Waals surface area contributed by atoms with Crippen LogP contribution in [0.3, 0.4) is 0 Å². The molecule has 3 rings (SSSR count). The van der Waals surface area contributed by atoms with Crippen LogP contribution in [-0.2, 0) is 4.74 Å². The van der Waals surface area contributed by atoms with E-state index in [1.807, 2.05) is 11.1 Å². The molecular formula is C26H47NO2. The second-order valence-electron chi connectivity index (χ2n) is 10.3. The number of aliphatic hydroxyl groups excluding tert-OH is 1. The van der Waals surface area contributed by atoms with Crippen LogP contribution in [-0.4, -0.2) is 49.5 Å². The van der Waals surface area contributed by atoms with E-state index in [9.17, 15) is 5.11 Å². The van der Waals surface area contributed by atoms with Gasteiger partial charge in [0.25, 0.3) is 0 Å². The Labute approximate surface area is 180 Å². The zero-order valence-electron chi connectivity index (χ0n) is 19.5. The van der Waals surface area contributed by atoms with E-state index in [1.165, 1.54) is 77.0 Å². The molecule has 168 valence electrons. The van der Waals surface area contributed by atoms with Gasteiger partial charge in [0.1, 0.15) is 0 Å². The molecule has 3 nitrogen and oxygen atoms in total. The Hall–Kier alpha value is -0.380. The van der Waals surface area contributed by atoms with Crippen LogP contribution in [0.1, 0.15) is 96.8 Å². The van der Waals surface area contributed by atoms with Gasteiger partial charge in [-0.05, 0) is 96.1 Å². The van der Waals surface area contributed by atoms with Crippen molar-refractivity contribution in [3.63, 3.8) is 0 Å². The van der Waals surface area contributed by atoms with Gasteiger partial charge in [0.15, 0.2) is 0 Å². The molecule has 0 amide bonds. The molecule has 0 spiro atoms. The van der Waals surface area contributed by atoms with Crippen molar-refractivity contribution in [3.05, 3.63) is 11.1 Å². The summed E-state index contributed by atoms with van der Waals surface area (Å²) in [5.74, 6) is 2.22. The van der Waals surface area contributed by atoms with E-state index in [-0.39, 0.29) is 6.10 Å². The zero-order chi connectivity index (χ0) is 20.6. The summed E-state index contributed by atoms with van der Waals surface area (Å²) in [6.45, 7) is 4.29. The van der Waals surface area contributed by atoms with Gasteiger partial charge in [-0.25, -0.2) is 0 Å². The Morgan fingerprint density at radius 3 is 2.14 bits per heavy atom. The lowest BCUT2D eigenvalue weighted by Gasteiger charge is -2.40. The number of ether oxygens (including phenoxy) is 1. The van der Waals surface area contributed by atoms with Gasteiger partial charge in [-0.2, -0.15) is 0 Å². The zero-order valence-corrected chi connectivity index (χ0v) is 19.5.